The second-order valence-electron chi connectivity index (χ2n) is 7.13. The van der Waals surface area contributed by atoms with E-state index in [0.29, 0.717) is 11.1 Å². The molecule has 0 atom stereocenters. The average Bonchev–Trinajstić information content (AvgIpc) is 2.51. The van der Waals surface area contributed by atoms with Crippen LogP contribution < -0.4 is 5.32 Å². The van der Waals surface area contributed by atoms with E-state index in [2.05, 4.69) is 12.2 Å². The van der Waals surface area contributed by atoms with Crippen LogP contribution in [0.1, 0.15) is 54.1 Å². The zero-order valence-electron chi connectivity index (χ0n) is 15.2. The third-order valence-electron chi connectivity index (χ3n) is 4.99. The van der Waals surface area contributed by atoms with Crippen molar-refractivity contribution in [2.45, 2.75) is 57.4 Å². The monoisotopic (exact) mass is 352 g/mol. The topological polar surface area (TPSA) is 66.5 Å². The van der Waals surface area contributed by atoms with Crippen molar-refractivity contribution in [3.8, 4) is 0 Å². The molecule has 0 aliphatic heterocycles. The zero-order valence-corrected chi connectivity index (χ0v) is 16.0. The third-order valence-corrected chi connectivity index (χ3v) is 6.93. The first-order valence-electron chi connectivity index (χ1n) is 8.47. The summed E-state index contributed by atoms with van der Waals surface area (Å²) in [5.41, 5.74) is 1.91. The van der Waals surface area contributed by atoms with Crippen LogP contribution in [0.3, 0.4) is 0 Å². The van der Waals surface area contributed by atoms with Crippen molar-refractivity contribution in [1.29, 1.82) is 0 Å². The van der Waals surface area contributed by atoms with E-state index in [0.717, 1.165) is 37.2 Å². The average molecular weight is 353 g/mol. The summed E-state index contributed by atoms with van der Waals surface area (Å²) in [5, 5.41) is 3.06. The molecule has 1 N–H and O–H groups in total. The lowest BCUT2D eigenvalue weighted by Crippen LogP contribution is -2.37. The molecule has 24 heavy (non-hydrogen) atoms. The maximum absolute atomic E-state index is 12.6. The number of benzene rings is 1. The Morgan fingerprint density at radius 2 is 1.71 bits per heavy atom. The van der Waals surface area contributed by atoms with Gasteiger partial charge in [0.1, 0.15) is 0 Å². The summed E-state index contributed by atoms with van der Waals surface area (Å²) in [4.78, 5) is 12.8. The predicted octanol–water partition coefficient (Wildman–Crippen LogP) is 2.86. The highest BCUT2D eigenvalue weighted by atomic mass is 32.2. The molecule has 1 amide bonds. The number of nitrogens with zero attached hydrogens (tertiary/aromatic N) is 1. The van der Waals surface area contributed by atoms with Crippen LogP contribution in [-0.2, 0) is 10.0 Å². The van der Waals surface area contributed by atoms with Crippen molar-refractivity contribution in [1.82, 2.24) is 9.62 Å². The van der Waals surface area contributed by atoms with Crippen LogP contribution >= 0.6 is 0 Å². The Hall–Kier alpha value is -1.40. The second-order valence-corrected chi connectivity index (χ2v) is 9.25. The van der Waals surface area contributed by atoms with Gasteiger partial charge in [-0.15, -0.1) is 0 Å². The molecule has 0 radical (unpaired) electrons. The number of rotatable bonds is 4. The van der Waals surface area contributed by atoms with Gasteiger partial charge in [-0.1, -0.05) is 6.92 Å². The number of hydrogen-bond donors (Lipinski definition) is 1. The summed E-state index contributed by atoms with van der Waals surface area (Å²) in [6, 6.07) is 3.45. The van der Waals surface area contributed by atoms with Crippen molar-refractivity contribution in [3.05, 3.63) is 28.8 Å². The number of amides is 1. The fraction of sp³-hybridized carbons (Fsp3) is 0.611. The molecule has 0 aromatic heterocycles. The van der Waals surface area contributed by atoms with Gasteiger partial charge in [0.05, 0.1) is 4.90 Å². The first-order valence-corrected chi connectivity index (χ1v) is 9.91. The highest BCUT2D eigenvalue weighted by Gasteiger charge is 2.24. The minimum atomic E-state index is -3.57. The summed E-state index contributed by atoms with van der Waals surface area (Å²) in [6.45, 7) is 5.85. The van der Waals surface area contributed by atoms with Crippen LogP contribution in [0.5, 0.6) is 0 Å². The summed E-state index contributed by atoms with van der Waals surface area (Å²) in [5.74, 6) is 0.532. The molecule has 0 bridgehead atoms. The first kappa shape index (κ1) is 18.9. The lowest BCUT2D eigenvalue weighted by Gasteiger charge is -2.27. The van der Waals surface area contributed by atoms with Gasteiger partial charge in [-0.05, 0) is 68.7 Å². The van der Waals surface area contributed by atoms with Crippen molar-refractivity contribution in [2.75, 3.05) is 14.1 Å². The Balaban J connectivity index is 2.28. The van der Waals surface area contributed by atoms with Crippen molar-refractivity contribution in [2.24, 2.45) is 5.92 Å². The van der Waals surface area contributed by atoms with Gasteiger partial charge < -0.3 is 5.32 Å². The van der Waals surface area contributed by atoms with Crippen LogP contribution in [-0.4, -0.2) is 38.8 Å². The molecule has 134 valence electrons. The fourth-order valence-electron chi connectivity index (χ4n) is 3.10. The molecule has 1 saturated carbocycles. The number of carbonyl (C=O) groups excluding carboxylic acids is 1. The Labute approximate surface area is 145 Å². The molecule has 1 aromatic carbocycles. The van der Waals surface area contributed by atoms with Gasteiger partial charge in [0.25, 0.3) is 5.91 Å². The van der Waals surface area contributed by atoms with Gasteiger partial charge in [0.15, 0.2) is 0 Å². The zero-order chi connectivity index (χ0) is 18.1. The van der Waals surface area contributed by atoms with Crippen LogP contribution in [0.4, 0.5) is 0 Å². The van der Waals surface area contributed by atoms with E-state index >= 15 is 0 Å². The Kier molecular flexibility index (Phi) is 5.71. The minimum absolute atomic E-state index is 0.184. The molecule has 0 unspecified atom stereocenters. The molecule has 2 rings (SSSR count). The molecule has 0 saturated heterocycles. The molecule has 0 heterocycles. The molecular formula is C18H28N2O3S. The molecule has 5 nitrogen and oxygen atoms in total. The van der Waals surface area contributed by atoms with Crippen molar-refractivity contribution < 1.29 is 13.2 Å². The fourth-order valence-corrected chi connectivity index (χ4v) is 4.31. The standard InChI is InChI=1S/C18H28N2O3S/c1-12-6-8-16(9-7-12)19-18(21)15-10-13(2)14(3)17(11-15)24(22,23)20(4)5/h10-12,16H,6-9H2,1-5H3,(H,19,21). The van der Waals surface area contributed by atoms with Crippen molar-refractivity contribution in [3.63, 3.8) is 0 Å². The maximum Gasteiger partial charge on any atom is 0.251 e. The van der Waals surface area contributed by atoms with Gasteiger partial charge in [0.2, 0.25) is 10.0 Å². The van der Waals surface area contributed by atoms with E-state index in [1.807, 2.05) is 6.92 Å². The van der Waals surface area contributed by atoms with Crippen LogP contribution in [0, 0.1) is 19.8 Å². The minimum Gasteiger partial charge on any atom is -0.349 e. The number of aryl methyl sites for hydroxylation is 1. The number of carbonyl (C=O) groups is 1. The van der Waals surface area contributed by atoms with E-state index in [1.54, 1.807) is 13.0 Å². The van der Waals surface area contributed by atoms with Crippen LogP contribution in [0.25, 0.3) is 0 Å². The van der Waals surface area contributed by atoms with Gasteiger partial charge in [0, 0.05) is 25.7 Å². The summed E-state index contributed by atoms with van der Waals surface area (Å²) >= 11 is 0. The number of sulfonamides is 1. The van der Waals surface area contributed by atoms with E-state index in [-0.39, 0.29) is 16.8 Å². The van der Waals surface area contributed by atoms with Gasteiger partial charge in [-0.25, -0.2) is 12.7 Å². The highest BCUT2D eigenvalue weighted by Crippen LogP contribution is 2.25. The summed E-state index contributed by atoms with van der Waals surface area (Å²) in [7, 11) is -0.573. The third kappa shape index (κ3) is 3.98. The van der Waals surface area contributed by atoms with Gasteiger partial charge in [-0.2, -0.15) is 0 Å². The van der Waals surface area contributed by atoms with Gasteiger partial charge in [-0.3, -0.25) is 4.79 Å². The highest BCUT2D eigenvalue weighted by molar-refractivity contribution is 7.89. The van der Waals surface area contributed by atoms with E-state index in [9.17, 15) is 13.2 Å². The molecule has 1 aliphatic carbocycles. The van der Waals surface area contributed by atoms with Crippen LogP contribution in [0.15, 0.2) is 17.0 Å². The maximum atomic E-state index is 12.6. The molecule has 1 aliphatic rings. The van der Waals surface area contributed by atoms with Gasteiger partial charge >= 0.3 is 0 Å². The SMILES string of the molecule is Cc1cc(C(=O)NC2CCC(C)CC2)cc(S(=O)(=O)N(C)C)c1C. The smallest absolute Gasteiger partial charge is 0.251 e. The molecule has 1 aromatic rings. The molecule has 6 heteroatoms. The quantitative estimate of drug-likeness (QED) is 0.906. The lowest BCUT2D eigenvalue weighted by molar-refractivity contribution is 0.0922. The van der Waals surface area contributed by atoms with E-state index in [1.165, 1.54) is 24.5 Å². The number of nitrogens with one attached hydrogen (secondary N) is 1. The molecule has 0 spiro atoms. The number of hydrogen-bond acceptors (Lipinski definition) is 3. The summed E-state index contributed by atoms with van der Waals surface area (Å²) in [6.07, 6.45) is 4.22. The Morgan fingerprint density at radius 1 is 1.12 bits per heavy atom. The second kappa shape index (κ2) is 7.23. The summed E-state index contributed by atoms with van der Waals surface area (Å²) < 4.78 is 26.2. The van der Waals surface area contributed by atoms with E-state index in [4.69, 9.17) is 0 Å². The van der Waals surface area contributed by atoms with Crippen LogP contribution in [0.2, 0.25) is 0 Å². The molecule has 1 fully saturated rings. The normalized spacial score (nSPS) is 21.8. The largest absolute Gasteiger partial charge is 0.349 e. The Morgan fingerprint density at radius 3 is 2.25 bits per heavy atom. The predicted molar refractivity (Wildman–Crippen MR) is 95.7 cm³/mol. The lowest BCUT2D eigenvalue weighted by atomic mass is 9.87. The Bertz CT molecular complexity index is 718. The molecular weight excluding hydrogens is 324 g/mol. The first-order chi connectivity index (χ1) is 11.1. The van der Waals surface area contributed by atoms with E-state index < -0.39 is 10.0 Å². The van der Waals surface area contributed by atoms with Crippen molar-refractivity contribution >= 4 is 15.9 Å².